The third kappa shape index (κ3) is 9.31. The molecule has 1 atom stereocenters. The number of ketones is 1. The first-order valence-corrected chi connectivity index (χ1v) is 11.9. The van der Waals surface area contributed by atoms with E-state index in [1.807, 2.05) is 0 Å². The Morgan fingerprint density at radius 2 is 1.64 bits per heavy atom. The maximum atomic E-state index is 13.3. The molecule has 0 aromatic heterocycles. The molecule has 0 heterocycles. The molecule has 2 aromatic carbocycles. The van der Waals surface area contributed by atoms with Gasteiger partial charge in [-0.25, -0.2) is 4.79 Å². The van der Waals surface area contributed by atoms with Crippen molar-refractivity contribution in [2.75, 3.05) is 46.9 Å². The van der Waals surface area contributed by atoms with E-state index in [2.05, 4.69) is 0 Å². The summed E-state index contributed by atoms with van der Waals surface area (Å²) in [5.74, 6) is -1.63. The number of esters is 2. The number of carbonyl (C=O) groups is 3. The number of para-hydroxylation sites is 1. The van der Waals surface area contributed by atoms with E-state index in [0.29, 0.717) is 36.7 Å². The smallest absolute Gasteiger partial charge is 0.338 e. The molecule has 0 radical (unpaired) electrons. The Hall–Kier alpha value is -3.43. The summed E-state index contributed by atoms with van der Waals surface area (Å²) < 4.78 is 31.8. The number of Topliss-reactive ketones (excluding diaryl/α,β-unsaturated/α-hetero) is 1. The van der Waals surface area contributed by atoms with E-state index in [1.165, 1.54) is 0 Å². The Balaban J connectivity index is 2.01. The number of rotatable bonds is 17. The van der Waals surface area contributed by atoms with Gasteiger partial charge in [0, 0.05) is 7.11 Å². The molecule has 9 heteroatoms. The summed E-state index contributed by atoms with van der Waals surface area (Å²) in [6.07, 6.45) is 0.621. The maximum absolute atomic E-state index is 13.3. The lowest BCUT2D eigenvalue weighted by atomic mass is 9.93. The Kier molecular flexibility index (Phi) is 13.0. The fraction of sp³-hybridized carbons (Fsp3) is 0.444. The second-order valence-corrected chi connectivity index (χ2v) is 7.57. The van der Waals surface area contributed by atoms with E-state index < -0.39 is 23.6 Å². The summed E-state index contributed by atoms with van der Waals surface area (Å²) in [6.45, 7) is 4.81. The van der Waals surface area contributed by atoms with Gasteiger partial charge in [0.2, 0.25) is 0 Å². The van der Waals surface area contributed by atoms with Crippen LogP contribution in [0.3, 0.4) is 0 Å². The van der Waals surface area contributed by atoms with E-state index >= 15 is 0 Å². The summed E-state index contributed by atoms with van der Waals surface area (Å²) in [5.41, 5.74) is 0.658. The minimum absolute atomic E-state index is 0.0591. The third-order valence-corrected chi connectivity index (χ3v) is 5.02. The van der Waals surface area contributed by atoms with Gasteiger partial charge >= 0.3 is 11.9 Å². The Bertz CT molecular complexity index is 973. The van der Waals surface area contributed by atoms with Gasteiger partial charge < -0.3 is 28.4 Å². The molecule has 0 N–H and O–H groups in total. The van der Waals surface area contributed by atoms with E-state index in [1.54, 1.807) is 69.5 Å². The van der Waals surface area contributed by atoms with Gasteiger partial charge in [-0.3, -0.25) is 9.59 Å². The van der Waals surface area contributed by atoms with Crippen molar-refractivity contribution >= 4 is 17.7 Å². The molecule has 0 aliphatic carbocycles. The molecule has 0 bridgehead atoms. The third-order valence-electron chi connectivity index (χ3n) is 5.02. The molecule has 0 aliphatic heterocycles. The predicted molar refractivity (Wildman–Crippen MR) is 131 cm³/mol. The number of benzene rings is 2. The molecular weight excluding hydrogens is 468 g/mol. The zero-order valence-electron chi connectivity index (χ0n) is 21.0. The molecule has 0 saturated heterocycles. The van der Waals surface area contributed by atoms with Crippen LogP contribution in [0.2, 0.25) is 0 Å². The minimum Gasteiger partial charge on any atom is -0.494 e. The van der Waals surface area contributed by atoms with Crippen molar-refractivity contribution in [1.82, 2.24) is 0 Å². The van der Waals surface area contributed by atoms with Crippen LogP contribution >= 0.6 is 0 Å². The van der Waals surface area contributed by atoms with Gasteiger partial charge in [-0.05, 0) is 57.0 Å². The van der Waals surface area contributed by atoms with Crippen molar-refractivity contribution in [1.29, 1.82) is 0 Å². The zero-order valence-corrected chi connectivity index (χ0v) is 21.0. The number of methoxy groups -OCH3 is 1. The molecule has 0 spiro atoms. The van der Waals surface area contributed by atoms with E-state index in [4.69, 9.17) is 28.4 Å². The largest absolute Gasteiger partial charge is 0.494 e. The van der Waals surface area contributed by atoms with Crippen molar-refractivity contribution in [3.8, 4) is 11.5 Å². The number of hydrogen-bond acceptors (Lipinski definition) is 9. The van der Waals surface area contributed by atoms with Crippen molar-refractivity contribution in [2.45, 2.75) is 26.7 Å². The van der Waals surface area contributed by atoms with Crippen LogP contribution in [0.5, 0.6) is 11.5 Å². The van der Waals surface area contributed by atoms with Gasteiger partial charge in [0.15, 0.2) is 12.6 Å². The van der Waals surface area contributed by atoms with Gasteiger partial charge in [0.25, 0.3) is 0 Å². The fourth-order valence-corrected chi connectivity index (χ4v) is 3.29. The highest BCUT2D eigenvalue weighted by atomic mass is 16.7. The lowest BCUT2D eigenvalue weighted by Crippen LogP contribution is -2.27. The van der Waals surface area contributed by atoms with E-state index in [-0.39, 0.29) is 38.6 Å². The van der Waals surface area contributed by atoms with Crippen LogP contribution in [0, 0.1) is 5.92 Å². The molecule has 2 rings (SSSR count). The van der Waals surface area contributed by atoms with Crippen LogP contribution in [0.15, 0.2) is 48.5 Å². The van der Waals surface area contributed by atoms with Crippen molar-refractivity contribution < 1.29 is 42.8 Å². The molecule has 0 aliphatic rings. The van der Waals surface area contributed by atoms with Crippen LogP contribution in [-0.2, 0) is 23.7 Å². The van der Waals surface area contributed by atoms with Crippen molar-refractivity contribution in [3.63, 3.8) is 0 Å². The van der Waals surface area contributed by atoms with Crippen LogP contribution in [0.25, 0.3) is 0 Å². The molecule has 9 nitrogen and oxygen atoms in total. The van der Waals surface area contributed by atoms with Crippen LogP contribution in [0.1, 0.15) is 47.4 Å². The van der Waals surface area contributed by atoms with Crippen LogP contribution in [0.4, 0.5) is 0 Å². The molecule has 196 valence electrons. The highest BCUT2D eigenvalue weighted by Gasteiger charge is 2.30. The van der Waals surface area contributed by atoms with E-state index in [9.17, 15) is 14.4 Å². The number of hydrogen-bond donors (Lipinski definition) is 0. The van der Waals surface area contributed by atoms with E-state index in [0.717, 1.165) is 0 Å². The van der Waals surface area contributed by atoms with Gasteiger partial charge in [0.1, 0.15) is 17.4 Å². The second-order valence-electron chi connectivity index (χ2n) is 7.57. The van der Waals surface area contributed by atoms with Gasteiger partial charge in [-0.1, -0.05) is 18.2 Å². The minimum atomic E-state index is -1.02. The molecule has 0 saturated carbocycles. The SMILES string of the molecule is CCOC(=O)c1cccc(OCCCC(C(=O)OCC)C(=O)c2ccccc2OCOCCOC)c1. The maximum Gasteiger partial charge on any atom is 0.338 e. The molecule has 2 aromatic rings. The number of carbonyl (C=O) groups excluding carboxylic acids is 3. The van der Waals surface area contributed by atoms with Crippen molar-refractivity contribution in [2.24, 2.45) is 5.92 Å². The van der Waals surface area contributed by atoms with Crippen LogP contribution in [-0.4, -0.2) is 64.7 Å². The monoisotopic (exact) mass is 502 g/mol. The average Bonchev–Trinajstić information content (AvgIpc) is 2.89. The molecule has 1 unspecified atom stereocenters. The standard InChI is InChI=1S/C27H34O9/c1-4-33-26(29)20-10-8-11-21(18-20)35-15-9-13-23(27(30)34-5-2)25(28)22-12-6-7-14-24(22)36-19-32-17-16-31-3/h6-8,10-12,14,18,23H,4-5,9,13,15-17,19H2,1-3H3. The summed E-state index contributed by atoms with van der Waals surface area (Å²) in [6, 6.07) is 13.3. The lowest BCUT2D eigenvalue weighted by molar-refractivity contribution is -0.146. The summed E-state index contributed by atoms with van der Waals surface area (Å²) in [4.78, 5) is 37.9. The molecule has 0 amide bonds. The molecular formula is C27H34O9. The van der Waals surface area contributed by atoms with Gasteiger partial charge in [-0.15, -0.1) is 0 Å². The Morgan fingerprint density at radius 3 is 2.39 bits per heavy atom. The Labute approximate surface area is 211 Å². The van der Waals surface area contributed by atoms with Crippen LogP contribution < -0.4 is 9.47 Å². The van der Waals surface area contributed by atoms with Gasteiger partial charge in [0.05, 0.1) is 44.2 Å². The normalized spacial score (nSPS) is 11.4. The molecule has 36 heavy (non-hydrogen) atoms. The topological polar surface area (TPSA) is 107 Å². The quantitative estimate of drug-likeness (QED) is 0.104. The second kappa shape index (κ2) is 16.3. The van der Waals surface area contributed by atoms with Crippen molar-refractivity contribution in [3.05, 3.63) is 59.7 Å². The summed E-state index contributed by atoms with van der Waals surface area (Å²) >= 11 is 0. The first-order valence-electron chi connectivity index (χ1n) is 11.9. The Morgan fingerprint density at radius 1 is 0.861 bits per heavy atom. The zero-order chi connectivity index (χ0) is 26.2. The predicted octanol–water partition coefficient (Wildman–Crippen LogP) is 4.08. The lowest BCUT2D eigenvalue weighted by Gasteiger charge is -2.17. The highest BCUT2D eigenvalue weighted by Crippen LogP contribution is 2.25. The molecule has 0 fully saturated rings. The average molecular weight is 503 g/mol. The first kappa shape index (κ1) is 28.8. The fourth-order valence-electron chi connectivity index (χ4n) is 3.29. The number of ether oxygens (including phenoxy) is 6. The first-order chi connectivity index (χ1) is 17.5. The summed E-state index contributed by atoms with van der Waals surface area (Å²) in [7, 11) is 1.57. The highest BCUT2D eigenvalue weighted by molar-refractivity contribution is 6.10. The van der Waals surface area contributed by atoms with Gasteiger partial charge in [-0.2, -0.15) is 0 Å². The summed E-state index contributed by atoms with van der Waals surface area (Å²) in [5, 5.41) is 0.